The number of carboxylic acid groups (broad SMARTS) is 2. The van der Waals surface area contributed by atoms with Gasteiger partial charge in [-0.15, -0.1) is 0 Å². The Balaban J connectivity index is 1.98. The van der Waals surface area contributed by atoms with Crippen molar-refractivity contribution in [3.05, 3.63) is 0 Å². The first kappa shape index (κ1) is 53.4. The SMILES string of the molecule is CC(C)[C@H](N)C(=O)N1CCC[C@H]1C(=O)N[C@@H](CCCCN)C(=O)N[C@@H](CCSSC[C@H](N)C(=O)N[C@@H](CCCCN)C(=O)N1CCC[C@H]1C(=O)N[C@H](C(=O)O)C(C)C)C(=O)O. The number of hydrogen-bond donors (Lipinski definition) is 10. The summed E-state index contributed by atoms with van der Waals surface area (Å²) in [6.45, 7) is 8.33. The molecule has 2 fully saturated rings. The van der Waals surface area contributed by atoms with E-state index in [1.807, 2.05) is 13.8 Å². The fourth-order valence-electron chi connectivity index (χ4n) is 7.06. The van der Waals surface area contributed by atoms with Gasteiger partial charge in [-0.2, -0.15) is 0 Å². The maximum atomic E-state index is 13.8. The second-order valence-electron chi connectivity index (χ2n) is 16.3. The minimum absolute atomic E-state index is 0.00825. The predicted octanol–water partition coefficient (Wildman–Crippen LogP) is -0.927. The zero-order chi connectivity index (χ0) is 45.8. The van der Waals surface area contributed by atoms with Crippen LogP contribution >= 0.6 is 21.6 Å². The maximum Gasteiger partial charge on any atom is 0.326 e. The average molecular weight is 903 g/mol. The van der Waals surface area contributed by atoms with Crippen molar-refractivity contribution in [1.29, 1.82) is 0 Å². The van der Waals surface area contributed by atoms with Gasteiger partial charge in [0.15, 0.2) is 0 Å². The minimum Gasteiger partial charge on any atom is -0.480 e. The number of unbranched alkanes of at least 4 members (excludes halogenated alkanes) is 2. The van der Waals surface area contributed by atoms with Crippen molar-refractivity contribution in [2.24, 2.45) is 34.8 Å². The van der Waals surface area contributed by atoms with Gasteiger partial charge in [-0.1, -0.05) is 49.3 Å². The Bertz CT molecular complexity index is 1490. The van der Waals surface area contributed by atoms with Crippen molar-refractivity contribution >= 4 is 69.0 Å². The number of aliphatic carboxylic acids is 2. The molecule has 0 radical (unpaired) electrons. The lowest BCUT2D eigenvalue weighted by Gasteiger charge is -2.30. The number of nitrogens with two attached hydrogens (primary N) is 4. The van der Waals surface area contributed by atoms with Gasteiger partial charge in [-0.05, 0) is 95.6 Å². The summed E-state index contributed by atoms with van der Waals surface area (Å²) in [5.74, 6) is -5.81. The van der Waals surface area contributed by atoms with E-state index in [-0.39, 0.29) is 55.1 Å². The highest BCUT2D eigenvalue weighted by atomic mass is 33.1. The molecule has 0 aliphatic carbocycles. The molecule has 0 bridgehead atoms. The van der Waals surface area contributed by atoms with Gasteiger partial charge >= 0.3 is 11.9 Å². The van der Waals surface area contributed by atoms with Gasteiger partial charge in [0.25, 0.3) is 0 Å². The van der Waals surface area contributed by atoms with Crippen LogP contribution in [0.25, 0.3) is 0 Å². The van der Waals surface area contributed by atoms with Crippen LogP contribution in [0.2, 0.25) is 0 Å². The number of carboxylic acids is 2. The predicted molar refractivity (Wildman–Crippen MR) is 233 cm³/mol. The van der Waals surface area contributed by atoms with Crippen LogP contribution < -0.4 is 44.2 Å². The Morgan fingerprint density at radius 2 is 1.15 bits per heavy atom. The van der Waals surface area contributed by atoms with Gasteiger partial charge in [0.1, 0.15) is 36.3 Å². The van der Waals surface area contributed by atoms with Crippen LogP contribution in [0.15, 0.2) is 0 Å². The van der Waals surface area contributed by atoms with Gasteiger partial charge in [-0.3, -0.25) is 28.8 Å². The number of carbonyl (C=O) groups is 8. The van der Waals surface area contributed by atoms with Crippen molar-refractivity contribution in [3.63, 3.8) is 0 Å². The summed E-state index contributed by atoms with van der Waals surface area (Å²) in [6, 6.07) is -8.01. The van der Waals surface area contributed by atoms with E-state index in [1.165, 1.54) is 31.4 Å². The third kappa shape index (κ3) is 17.2. The summed E-state index contributed by atoms with van der Waals surface area (Å²) in [5.41, 5.74) is 23.6. The van der Waals surface area contributed by atoms with Crippen LogP contribution in [0.1, 0.15) is 98.3 Å². The molecular formula is C39H70N10O10S2. The third-order valence-electron chi connectivity index (χ3n) is 10.8. The van der Waals surface area contributed by atoms with Crippen molar-refractivity contribution in [1.82, 2.24) is 31.1 Å². The number of nitrogens with one attached hydrogen (secondary N) is 4. The highest BCUT2D eigenvalue weighted by Crippen LogP contribution is 2.25. The molecule has 2 rings (SSSR count). The molecule has 6 amide bonds. The van der Waals surface area contributed by atoms with E-state index in [0.29, 0.717) is 71.0 Å². The zero-order valence-electron chi connectivity index (χ0n) is 36.0. The summed E-state index contributed by atoms with van der Waals surface area (Å²) in [6.07, 6.45) is 4.50. The van der Waals surface area contributed by atoms with Gasteiger partial charge < -0.3 is 64.2 Å². The molecule has 2 aliphatic rings. The molecule has 2 heterocycles. The Labute approximate surface area is 366 Å². The molecule has 8 atom stereocenters. The standard InChI is InChI=1S/C39H70N10O10S2/c1-22(2)30(43)37(55)49-19-10-13-28(49)34(52)44-25(11-5-7-16-40)33(51)46-27(38(56)57)15-20-60-61-21-24(42)32(50)45-26(12-6-8-17-41)36(54)48-18-9-14-29(48)35(53)47-31(23(3)4)39(58)59/h22-31H,5-21,40-43H2,1-4H3,(H,44,52)(H,45,50)(H,46,51)(H,47,53)(H,56,57)(H,58,59)/t24-,25-,26-,27-,28-,29-,30-,31-/m0/s1. The molecule has 2 saturated heterocycles. The average Bonchev–Trinajstić information content (AvgIpc) is 3.91. The number of rotatable bonds is 28. The molecule has 0 unspecified atom stereocenters. The first-order valence-corrected chi connectivity index (χ1v) is 23.8. The largest absolute Gasteiger partial charge is 0.480 e. The van der Waals surface area contributed by atoms with Gasteiger partial charge in [0.05, 0.1) is 12.1 Å². The van der Waals surface area contributed by atoms with E-state index in [4.69, 9.17) is 22.9 Å². The van der Waals surface area contributed by atoms with E-state index in [2.05, 4.69) is 21.3 Å². The molecule has 0 aromatic rings. The Morgan fingerprint density at radius 3 is 1.66 bits per heavy atom. The Kier molecular flexibility index (Phi) is 24.0. The molecule has 0 aromatic carbocycles. The number of carbonyl (C=O) groups excluding carboxylic acids is 6. The van der Waals surface area contributed by atoms with E-state index in [1.54, 1.807) is 13.8 Å². The lowest BCUT2D eigenvalue weighted by molar-refractivity contribution is -0.145. The fourth-order valence-corrected chi connectivity index (χ4v) is 9.27. The number of amides is 6. The van der Waals surface area contributed by atoms with E-state index < -0.39 is 89.8 Å². The molecule has 0 saturated carbocycles. The lowest BCUT2D eigenvalue weighted by Crippen LogP contribution is -2.57. The number of likely N-dealkylation sites (tertiary alicyclic amines) is 2. The Morgan fingerprint density at radius 1 is 0.623 bits per heavy atom. The van der Waals surface area contributed by atoms with Crippen molar-refractivity contribution in [2.75, 3.05) is 37.7 Å². The summed E-state index contributed by atoms with van der Waals surface area (Å²) in [7, 11) is 2.45. The van der Waals surface area contributed by atoms with E-state index in [0.717, 1.165) is 0 Å². The van der Waals surface area contributed by atoms with Crippen LogP contribution in [0.3, 0.4) is 0 Å². The molecule has 348 valence electrons. The smallest absolute Gasteiger partial charge is 0.326 e. The molecule has 2 aliphatic heterocycles. The zero-order valence-corrected chi connectivity index (χ0v) is 37.6. The monoisotopic (exact) mass is 902 g/mol. The normalized spacial score (nSPS) is 19.4. The second-order valence-corrected chi connectivity index (χ2v) is 18.9. The van der Waals surface area contributed by atoms with E-state index >= 15 is 0 Å². The molecule has 61 heavy (non-hydrogen) atoms. The van der Waals surface area contributed by atoms with Crippen LogP contribution in [0.5, 0.6) is 0 Å². The summed E-state index contributed by atoms with van der Waals surface area (Å²) in [4.78, 5) is 107. The summed E-state index contributed by atoms with van der Waals surface area (Å²) < 4.78 is 0. The van der Waals surface area contributed by atoms with Crippen LogP contribution in [-0.4, -0.2) is 153 Å². The van der Waals surface area contributed by atoms with E-state index in [9.17, 15) is 48.6 Å². The first-order valence-electron chi connectivity index (χ1n) is 21.3. The summed E-state index contributed by atoms with van der Waals surface area (Å²) >= 11 is 0. The molecular weight excluding hydrogens is 833 g/mol. The molecule has 14 N–H and O–H groups in total. The second kappa shape index (κ2) is 27.4. The van der Waals surface area contributed by atoms with Crippen LogP contribution in [0.4, 0.5) is 0 Å². The maximum absolute atomic E-state index is 13.8. The van der Waals surface area contributed by atoms with Crippen LogP contribution in [0, 0.1) is 11.8 Å². The Hall–Kier alpha value is -3.70. The van der Waals surface area contributed by atoms with Crippen molar-refractivity contribution in [2.45, 2.75) is 147 Å². The van der Waals surface area contributed by atoms with Crippen LogP contribution in [-0.2, 0) is 38.4 Å². The highest BCUT2D eigenvalue weighted by Gasteiger charge is 2.40. The molecule has 20 nitrogen and oxygen atoms in total. The fraction of sp³-hybridized carbons (Fsp3) is 0.795. The quantitative estimate of drug-likeness (QED) is 0.0335. The minimum atomic E-state index is -1.29. The molecule has 0 aromatic heterocycles. The highest BCUT2D eigenvalue weighted by molar-refractivity contribution is 8.76. The third-order valence-corrected chi connectivity index (χ3v) is 13.3. The molecule has 22 heteroatoms. The lowest BCUT2D eigenvalue weighted by atomic mass is 10.0. The number of nitrogens with zero attached hydrogens (tertiary/aromatic N) is 2. The summed E-state index contributed by atoms with van der Waals surface area (Å²) in [5, 5.41) is 30.0. The number of hydrogen-bond acceptors (Lipinski definition) is 14. The van der Waals surface area contributed by atoms with Gasteiger partial charge in [0, 0.05) is 24.6 Å². The van der Waals surface area contributed by atoms with Gasteiger partial charge in [-0.25, -0.2) is 9.59 Å². The first-order chi connectivity index (χ1) is 28.9. The van der Waals surface area contributed by atoms with Crippen molar-refractivity contribution in [3.8, 4) is 0 Å². The van der Waals surface area contributed by atoms with Gasteiger partial charge in [0.2, 0.25) is 35.4 Å². The molecule has 0 spiro atoms. The topological polar surface area (TPSA) is 336 Å². The van der Waals surface area contributed by atoms with Crippen molar-refractivity contribution < 1.29 is 48.6 Å².